The number of ether oxygens (including phenoxy) is 2. The summed E-state index contributed by atoms with van der Waals surface area (Å²) < 4.78 is 45.6. The zero-order chi connectivity index (χ0) is 55.6. The molecule has 0 unspecified atom stereocenters. The SMILES string of the molecule is CCc1csc([C@H](Cc2ccc(NS(=O)(=O)[O-])cc2)NC(=O)[C@H](Cc2ccccc2)NC(=O)OC(C)(C)C)n1.CCc1csc([C@H](Cc2ccc([N+](=O)[O-])cc2)NC(=O)[C@H](Cc2ccccc2)NC(=O)OC(C)(C)C)n1.[NH4+]. The van der Waals surface area contributed by atoms with Gasteiger partial charge in [0.25, 0.3) is 5.69 Å². The maximum atomic E-state index is 13.6. The molecule has 9 N–H and O–H groups in total. The van der Waals surface area contributed by atoms with E-state index >= 15 is 0 Å². The first-order valence-electron chi connectivity index (χ1n) is 24.5. The average molecular weight is 1120 g/mol. The van der Waals surface area contributed by atoms with Crippen LogP contribution in [0.15, 0.2) is 120 Å². The first-order chi connectivity index (χ1) is 35.8. The molecule has 77 heavy (non-hydrogen) atoms. The highest BCUT2D eigenvalue weighted by molar-refractivity contribution is 7.87. The number of nitrogens with zero attached hydrogens (tertiary/aromatic N) is 3. The summed E-state index contributed by atoms with van der Waals surface area (Å²) in [5, 5.41) is 27.8. The summed E-state index contributed by atoms with van der Waals surface area (Å²) in [6.45, 7) is 14.5. The van der Waals surface area contributed by atoms with Gasteiger partial charge in [0.15, 0.2) is 10.3 Å². The van der Waals surface area contributed by atoms with Crippen LogP contribution in [0.2, 0.25) is 0 Å². The number of amides is 4. The molecule has 0 bridgehead atoms. The number of hydrogen-bond donors (Lipinski definition) is 6. The van der Waals surface area contributed by atoms with E-state index in [0.717, 1.165) is 51.5 Å². The van der Waals surface area contributed by atoms with Crippen molar-refractivity contribution < 1.29 is 46.5 Å². The number of nitrogens with one attached hydrogen (secondary N) is 5. The highest BCUT2D eigenvalue weighted by Gasteiger charge is 2.30. The Morgan fingerprint density at radius 1 is 0.584 bits per heavy atom. The van der Waals surface area contributed by atoms with Crippen molar-refractivity contribution in [2.24, 2.45) is 0 Å². The van der Waals surface area contributed by atoms with Gasteiger partial charge >= 0.3 is 12.2 Å². The predicted molar refractivity (Wildman–Crippen MR) is 298 cm³/mol. The summed E-state index contributed by atoms with van der Waals surface area (Å²) in [5.74, 6) is -0.784. The second-order valence-corrected chi connectivity index (χ2v) is 22.4. The number of aryl methyl sites for hydroxylation is 2. The fraction of sp³-hybridized carbons (Fsp3) is 0.370. The van der Waals surface area contributed by atoms with Gasteiger partial charge in [0, 0.05) is 41.4 Å². The van der Waals surface area contributed by atoms with E-state index in [2.05, 4.69) is 31.2 Å². The van der Waals surface area contributed by atoms with Gasteiger partial charge in [-0.3, -0.25) is 24.4 Å². The van der Waals surface area contributed by atoms with Crippen LogP contribution in [0.1, 0.15) is 111 Å². The first-order valence-corrected chi connectivity index (χ1v) is 27.6. The lowest BCUT2D eigenvalue weighted by Crippen LogP contribution is -2.50. The van der Waals surface area contributed by atoms with Crippen LogP contribution in [0.4, 0.5) is 21.0 Å². The molecule has 2 heterocycles. The van der Waals surface area contributed by atoms with Crippen molar-refractivity contribution in [2.75, 3.05) is 4.72 Å². The lowest BCUT2D eigenvalue weighted by Gasteiger charge is -2.25. The molecule has 0 radical (unpaired) electrons. The molecule has 0 saturated carbocycles. The fourth-order valence-electron chi connectivity index (χ4n) is 7.33. The smallest absolute Gasteiger partial charge is 0.408 e. The van der Waals surface area contributed by atoms with Crippen LogP contribution in [-0.4, -0.2) is 75.1 Å². The topological polar surface area (TPSA) is 310 Å². The molecule has 4 atom stereocenters. The molecule has 0 saturated heterocycles. The predicted octanol–water partition coefficient (Wildman–Crippen LogP) is 9.64. The van der Waals surface area contributed by atoms with E-state index in [0.29, 0.717) is 17.8 Å². The molecule has 4 amide bonds. The van der Waals surface area contributed by atoms with E-state index in [1.54, 1.807) is 65.8 Å². The molecule has 2 aromatic heterocycles. The lowest BCUT2D eigenvalue weighted by molar-refractivity contribution is -0.384. The van der Waals surface area contributed by atoms with E-state index in [1.807, 2.05) is 90.0 Å². The van der Waals surface area contributed by atoms with Gasteiger partial charge in [0.05, 0.1) is 28.4 Å². The maximum Gasteiger partial charge on any atom is 0.408 e. The summed E-state index contributed by atoms with van der Waals surface area (Å²) in [5.41, 5.74) is 3.83. The number of carbonyl (C=O) groups excluding carboxylic acids is 4. The number of thiazole rings is 2. The second kappa shape index (κ2) is 28.7. The Morgan fingerprint density at radius 2 is 0.948 bits per heavy atom. The number of quaternary nitrogens is 1. The minimum Gasteiger partial charge on any atom is -0.731 e. The molecule has 4 aromatic carbocycles. The maximum absolute atomic E-state index is 13.6. The normalized spacial score (nSPS) is 12.9. The van der Waals surface area contributed by atoms with Crippen molar-refractivity contribution in [3.05, 3.63) is 174 Å². The minimum atomic E-state index is -4.64. The van der Waals surface area contributed by atoms with Crippen LogP contribution in [-0.2, 0) is 67.9 Å². The molecule has 414 valence electrons. The van der Waals surface area contributed by atoms with Gasteiger partial charge in [0.1, 0.15) is 33.3 Å². The average Bonchev–Trinajstić information content (AvgIpc) is 4.04. The molecule has 0 fully saturated rings. The van der Waals surface area contributed by atoms with Crippen molar-refractivity contribution in [3.63, 3.8) is 0 Å². The highest BCUT2D eigenvalue weighted by Crippen LogP contribution is 2.26. The number of nitro benzene ring substituents is 1. The molecule has 23 heteroatoms. The number of alkyl carbamates (subject to hydrolysis) is 2. The molecular weight excluding hydrogens is 1050 g/mol. The molecule has 0 aliphatic carbocycles. The fourth-order valence-corrected chi connectivity index (χ4v) is 9.66. The number of nitro groups is 1. The van der Waals surface area contributed by atoms with E-state index in [4.69, 9.17) is 9.47 Å². The van der Waals surface area contributed by atoms with E-state index in [1.165, 1.54) is 46.9 Å². The first kappa shape index (κ1) is 62.2. The Labute approximate surface area is 457 Å². The third kappa shape index (κ3) is 22.1. The number of hydrogen-bond acceptors (Lipinski definition) is 15. The summed E-state index contributed by atoms with van der Waals surface area (Å²) in [4.78, 5) is 72.2. The Hall–Kier alpha value is -7.31. The summed E-state index contributed by atoms with van der Waals surface area (Å²) in [6, 6.07) is 28.5. The van der Waals surface area contributed by atoms with Crippen molar-refractivity contribution in [2.45, 2.75) is 129 Å². The Kier molecular flexibility index (Phi) is 23.2. The number of anilines is 1. The highest BCUT2D eigenvalue weighted by atomic mass is 32.2. The van der Waals surface area contributed by atoms with Crippen molar-refractivity contribution in [3.8, 4) is 0 Å². The molecular formula is C54H69N9O11S3. The van der Waals surface area contributed by atoms with Gasteiger partial charge in [-0.25, -0.2) is 28.0 Å². The van der Waals surface area contributed by atoms with Crippen LogP contribution >= 0.6 is 22.7 Å². The van der Waals surface area contributed by atoms with Crippen molar-refractivity contribution in [1.29, 1.82) is 0 Å². The largest absolute Gasteiger partial charge is 0.731 e. The zero-order valence-electron chi connectivity index (χ0n) is 44.7. The van der Waals surface area contributed by atoms with Crippen LogP contribution in [0.5, 0.6) is 0 Å². The van der Waals surface area contributed by atoms with Gasteiger partial charge in [-0.15, -0.1) is 22.7 Å². The lowest BCUT2D eigenvalue weighted by atomic mass is 10.0. The number of aromatic nitrogens is 2. The van der Waals surface area contributed by atoms with E-state index < -0.39 is 68.7 Å². The van der Waals surface area contributed by atoms with Crippen molar-refractivity contribution >= 4 is 68.4 Å². The van der Waals surface area contributed by atoms with E-state index in [9.17, 15) is 42.3 Å². The Bertz CT molecular complexity index is 2960. The van der Waals surface area contributed by atoms with Crippen LogP contribution in [0.3, 0.4) is 0 Å². The van der Waals surface area contributed by atoms with E-state index in [-0.39, 0.29) is 36.3 Å². The quantitative estimate of drug-likeness (QED) is 0.0222. The van der Waals surface area contributed by atoms with Crippen LogP contribution in [0, 0.1) is 10.1 Å². The zero-order valence-corrected chi connectivity index (χ0v) is 47.1. The van der Waals surface area contributed by atoms with Gasteiger partial charge < -0.3 is 41.4 Å². The van der Waals surface area contributed by atoms with Crippen molar-refractivity contribution in [1.82, 2.24) is 37.4 Å². The Morgan fingerprint density at radius 3 is 1.27 bits per heavy atom. The molecule has 6 rings (SSSR count). The second-order valence-electron chi connectivity index (χ2n) is 19.5. The molecule has 20 nitrogen and oxygen atoms in total. The van der Waals surface area contributed by atoms with Crippen LogP contribution < -0.4 is 32.1 Å². The summed E-state index contributed by atoms with van der Waals surface area (Å²) >= 11 is 2.86. The molecule has 6 aromatic rings. The van der Waals surface area contributed by atoms with Crippen LogP contribution in [0.25, 0.3) is 0 Å². The molecule has 0 spiro atoms. The number of rotatable bonds is 21. The standard InChI is InChI=1S/C27H34N4O6S2.C27H32N4O5S.H3N/c1-5-20-17-38-25(28-20)23(16-19-11-13-21(14-12-19)31-39(34,35)36)29-24(32)22(15-18-9-7-6-8-10-18)30-26(33)37-27(2,3)4;1-5-20-17-37-25(28-20)23(16-19-11-13-21(14-12-19)31(34)35)29-24(32)22(15-18-9-7-6-8-10-18)30-26(33)36-27(2,3)4;/h6-14,17,22-23,31H,5,15-16H2,1-4H3,(H,29,32)(H,30,33)(H,34,35,36);6-14,17,22-23H,5,15-16H2,1-4H3,(H,29,32)(H,30,33);1H3/t2*22-,23-;/m00./s1. The number of non-ortho nitro benzene ring substituents is 1. The minimum absolute atomic E-state index is 0. The third-order valence-corrected chi connectivity index (χ3v) is 13.4. The monoisotopic (exact) mass is 1120 g/mol. The van der Waals surface area contributed by atoms with Gasteiger partial charge in [0.2, 0.25) is 11.8 Å². The third-order valence-electron chi connectivity index (χ3n) is 10.9. The number of carbonyl (C=O) groups is 4. The van der Waals surface area contributed by atoms with Gasteiger partial charge in [-0.05, 0) is 102 Å². The van der Waals surface area contributed by atoms with Gasteiger partial charge in [-0.2, -0.15) is 0 Å². The van der Waals surface area contributed by atoms with Gasteiger partial charge in [-0.1, -0.05) is 98.8 Å². The number of benzene rings is 4. The molecule has 0 aliphatic heterocycles. The summed E-state index contributed by atoms with van der Waals surface area (Å²) in [7, 11) is -4.64. The molecule has 0 aliphatic rings. The Balaban J connectivity index is 0.000000329. The summed E-state index contributed by atoms with van der Waals surface area (Å²) in [6.07, 6.45) is 1.35.